The number of rotatable bonds is 3. The van der Waals surface area contributed by atoms with Crippen molar-refractivity contribution < 1.29 is 5.11 Å². The van der Waals surface area contributed by atoms with Crippen molar-refractivity contribution >= 4 is 0 Å². The van der Waals surface area contributed by atoms with Gasteiger partial charge in [0.1, 0.15) is 0 Å². The molecule has 1 aliphatic rings. The standard InChI is InChI=1S/C9H20N2O/c1-3-9(12)7-11-5-4-10-8(2)6-11/h8-10,12H,3-7H2,1-2H3/t8-,9+/m0/s1. The number of hydrogen-bond acceptors (Lipinski definition) is 3. The van der Waals surface area contributed by atoms with Crippen LogP contribution in [-0.2, 0) is 0 Å². The van der Waals surface area contributed by atoms with Crippen LogP contribution in [0.1, 0.15) is 20.3 Å². The number of piperazine rings is 1. The maximum absolute atomic E-state index is 9.43. The van der Waals surface area contributed by atoms with Gasteiger partial charge in [0, 0.05) is 32.2 Å². The highest BCUT2D eigenvalue weighted by atomic mass is 16.3. The Balaban J connectivity index is 2.22. The molecule has 1 fully saturated rings. The molecule has 0 spiro atoms. The highest BCUT2D eigenvalue weighted by molar-refractivity contribution is 4.76. The molecule has 2 N–H and O–H groups in total. The van der Waals surface area contributed by atoms with E-state index < -0.39 is 0 Å². The summed E-state index contributed by atoms with van der Waals surface area (Å²) in [7, 11) is 0. The fraction of sp³-hybridized carbons (Fsp3) is 1.00. The van der Waals surface area contributed by atoms with Gasteiger partial charge in [-0.2, -0.15) is 0 Å². The normalized spacial score (nSPS) is 28.8. The molecule has 0 radical (unpaired) electrons. The fourth-order valence-corrected chi connectivity index (χ4v) is 1.61. The molecule has 3 heteroatoms. The summed E-state index contributed by atoms with van der Waals surface area (Å²) in [5.74, 6) is 0. The zero-order valence-electron chi connectivity index (χ0n) is 8.08. The average Bonchev–Trinajstić information content (AvgIpc) is 2.04. The Kier molecular flexibility index (Phi) is 3.98. The lowest BCUT2D eigenvalue weighted by atomic mass is 10.2. The van der Waals surface area contributed by atoms with Gasteiger partial charge in [0.05, 0.1) is 6.10 Å². The van der Waals surface area contributed by atoms with Gasteiger partial charge in [-0.1, -0.05) is 6.92 Å². The third-order valence-electron chi connectivity index (χ3n) is 2.39. The van der Waals surface area contributed by atoms with E-state index in [1.54, 1.807) is 0 Å². The van der Waals surface area contributed by atoms with E-state index >= 15 is 0 Å². The summed E-state index contributed by atoms with van der Waals surface area (Å²) in [6, 6.07) is 0.572. The van der Waals surface area contributed by atoms with Crippen molar-refractivity contribution in [3.63, 3.8) is 0 Å². The van der Waals surface area contributed by atoms with E-state index in [-0.39, 0.29) is 6.10 Å². The number of hydrogen-bond donors (Lipinski definition) is 2. The molecule has 0 bridgehead atoms. The maximum atomic E-state index is 9.43. The van der Waals surface area contributed by atoms with Crippen LogP contribution >= 0.6 is 0 Å². The van der Waals surface area contributed by atoms with Crippen molar-refractivity contribution in [3.05, 3.63) is 0 Å². The third kappa shape index (κ3) is 3.09. The first-order valence-electron chi connectivity index (χ1n) is 4.86. The van der Waals surface area contributed by atoms with E-state index in [4.69, 9.17) is 0 Å². The zero-order chi connectivity index (χ0) is 8.97. The van der Waals surface area contributed by atoms with Gasteiger partial charge in [-0.25, -0.2) is 0 Å². The van der Waals surface area contributed by atoms with Gasteiger partial charge in [0.25, 0.3) is 0 Å². The van der Waals surface area contributed by atoms with E-state index in [1.807, 2.05) is 6.92 Å². The molecule has 2 atom stereocenters. The number of aliphatic hydroxyl groups excluding tert-OH is 1. The summed E-state index contributed by atoms with van der Waals surface area (Å²) < 4.78 is 0. The predicted octanol–water partition coefficient (Wildman–Crippen LogP) is 0.0510. The molecule has 1 saturated heterocycles. The summed E-state index contributed by atoms with van der Waals surface area (Å²) >= 11 is 0. The summed E-state index contributed by atoms with van der Waals surface area (Å²) in [5.41, 5.74) is 0. The van der Waals surface area contributed by atoms with E-state index in [0.29, 0.717) is 6.04 Å². The van der Waals surface area contributed by atoms with Crippen molar-refractivity contribution in [1.29, 1.82) is 0 Å². The Bertz CT molecular complexity index is 130. The van der Waals surface area contributed by atoms with Crippen LogP contribution in [0.4, 0.5) is 0 Å². The quantitative estimate of drug-likeness (QED) is 0.631. The molecule has 72 valence electrons. The Morgan fingerprint density at radius 1 is 1.67 bits per heavy atom. The third-order valence-corrected chi connectivity index (χ3v) is 2.39. The summed E-state index contributed by atoms with van der Waals surface area (Å²) in [6.07, 6.45) is 0.716. The highest BCUT2D eigenvalue weighted by Crippen LogP contribution is 2.01. The highest BCUT2D eigenvalue weighted by Gasteiger charge is 2.16. The van der Waals surface area contributed by atoms with Crippen LogP contribution in [0.3, 0.4) is 0 Å². The second-order valence-electron chi connectivity index (χ2n) is 3.68. The first-order chi connectivity index (χ1) is 5.72. The molecule has 1 aliphatic heterocycles. The summed E-state index contributed by atoms with van der Waals surface area (Å²) in [4.78, 5) is 2.33. The van der Waals surface area contributed by atoms with E-state index in [2.05, 4.69) is 17.1 Å². The molecule has 0 saturated carbocycles. The second kappa shape index (κ2) is 4.80. The van der Waals surface area contributed by atoms with Gasteiger partial charge in [0.15, 0.2) is 0 Å². The lowest BCUT2D eigenvalue weighted by Gasteiger charge is -2.32. The number of nitrogens with zero attached hydrogens (tertiary/aromatic N) is 1. The van der Waals surface area contributed by atoms with Crippen LogP contribution in [0, 0.1) is 0 Å². The predicted molar refractivity (Wildman–Crippen MR) is 50.2 cm³/mol. The molecule has 1 heterocycles. The first kappa shape index (κ1) is 9.96. The van der Waals surface area contributed by atoms with Crippen molar-refractivity contribution in [2.45, 2.75) is 32.4 Å². The smallest absolute Gasteiger partial charge is 0.0664 e. The van der Waals surface area contributed by atoms with Crippen molar-refractivity contribution in [1.82, 2.24) is 10.2 Å². The van der Waals surface area contributed by atoms with Gasteiger partial charge in [-0.05, 0) is 13.3 Å². The van der Waals surface area contributed by atoms with Gasteiger partial charge >= 0.3 is 0 Å². The molecular formula is C9H20N2O. The van der Waals surface area contributed by atoms with E-state index in [0.717, 1.165) is 32.6 Å². The van der Waals surface area contributed by atoms with Crippen LogP contribution in [0.25, 0.3) is 0 Å². The summed E-state index contributed by atoms with van der Waals surface area (Å²) in [6.45, 7) is 8.24. The molecule has 0 amide bonds. The minimum Gasteiger partial charge on any atom is -0.392 e. The van der Waals surface area contributed by atoms with Gasteiger partial charge in [-0.3, -0.25) is 4.90 Å². The summed E-state index contributed by atoms with van der Waals surface area (Å²) in [5, 5.41) is 12.8. The van der Waals surface area contributed by atoms with E-state index in [9.17, 15) is 5.11 Å². The lowest BCUT2D eigenvalue weighted by Crippen LogP contribution is -2.51. The molecule has 0 unspecified atom stereocenters. The second-order valence-corrected chi connectivity index (χ2v) is 3.68. The molecule has 3 nitrogen and oxygen atoms in total. The molecule has 1 rings (SSSR count). The number of aliphatic hydroxyl groups is 1. The van der Waals surface area contributed by atoms with Crippen LogP contribution in [-0.4, -0.2) is 48.3 Å². The lowest BCUT2D eigenvalue weighted by molar-refractivity contribution is 0.0935. The van der Waals surface area contributed by atoms with Gasteiger partial charge in [0.2, 0.25) is 0 Å². The van der Waals surface area contributed by atoms with Crippen LogP contribution in [0.2, 0.25) is 0 Å². The first-order valence-corrected chi connectivity index (χ1v) is 4.86. The van der Waals surface area contributed by atoms with Crippen LogP contribution in [0.15, 0.2) is 0 Å². The number of nitrogens with one attached hydrogen (secondary N) is 1. The SMILES string of the molecule is CC[C@@H](O)CN1CCN[C@@H](C)C1. The van der Waals surface area contributed by atoms with Gasteiger partial charge < -0.3 is 10.4 Å². The molecule has 12 heavy (non-hydrogen) atoms. The average molecular weight is 172 g/mol. The minimum absolute atomic E-state index is 0.143. The van der Waals surface area contributed by atoms with Crippen molar-refractivity contribution in [2.75, 3.05) is 26.2 Å². The minimum atomic E-state index is -0.143. The topological polar surface area (TPSA) is 35.5 Å². The monoisotopic (exact) mass is 172 g/mol. The fourth-order valence-electron chi connectivity index (χ4n) is 1.61. The molecule has 0 aromatic rings. The van der Waals surface area contributed by atoms with Crippen LogP contribution in [0.5, 0.6) is 0 Å². The van der Waals surface area contributed by atoms with Crippen molar-refractivity contribution in [3.8, 4) is 0 Å². The number of β-amino-alcohol motifs (C(OH)–C–C–N with tert-alkyl or cyclic N) is 1. The largest absolute Gasteiger partial charge is 0.392 e. The van der Waals surface area contributed by atoms with E-state index in [1.165, 1.54) is 0 Å². The maximum Gasteiger partial charge on any atom is 0.0664 e. The molecule has 0 aromatic carbocycles. The Hall–Kier alpha value is -0.120. The van der Waals surface area contributed by atoms with Crippen LogP contribution < -0.4 is 5.32 Å². The zero-order valence-corrected chi connectivity index (χ0v) is 8.08. The molecule has 0 aliphatic carbocycles. The Labute approximate surface area is 74.8 Å². The molecular weight excluding hydrogens is 152 g/mol. The Morgan fingerprint density at radius 3 is 3.00 bits per heavy atom. The van der Waals surface area contributed by atoms with Crippen molar-refractivity contribution in [2.24, 2.45) is 0 Å². The Morgan fingerprint density at radius 2 is 2.42 bits per heavy atom. The molecule has 0 aromatic heterocycles. The van der Waals surface area contributed by atoms with Gasteiger partial charge in [-0.15, -0.1) is 0 Å².